The first-order valence-corrected chi connectivity index (χ1v) is 4.23. The lowest BCUT2D eigenvalue weighted by Crippen LogP contribution is -2.51. The Morgan fingerprint density at radius 1 is 1.46 bits per heavy atom. The van der Waals surface area contributed by atoms with Gasteiger partial charge in [0, 0.05) is 6.42 Å². The first-order chi connectivity index (χ1) is 6.18. The van der Waals surface area contributed by atoms with Crippen LogP contribution in [0.3, 0.4) is 0 Å². The second-order valence-corrected chi connectivity index (χ2v) is 3.52. The highest BCUT2D eigenvalue weighted by atomic mass is 19.1. The van der Waals surface area contributed by atoms with E-state index in [1.165, 1.54) is 12.1 Å². The maximum Gasteiger partial charge on any atom is 0.123 e. The van der Waals surface area contributed by atoms with Gasteiger partial charge in [-0.05, 0) is 17.7 Å². The molecular weight excluding hydrogens is 171 g/mol. The summed E-state index contributed by atoms with van der Waals surface area (Å²) in [4.78, 5) is 0. The van der Waals surface area contributed by atoms with E-state index in [4.69, 9.17) is 4.74 Å². The quantitative estimate of drug-likeness (QED) is 0.743. The number of hydrogen-bond donors (Lipinski definition) is 1. The number of rotatable bonds is 2. The second kappa shape index (κ2) is 3.09. The van der Waals surface area contributed by atoms with Crippen LogP contribution in [0.2, 0.25) is 0 Å². The van der Waals surface area contributed by atoms with Crippen molar-refractivity contribution in [3.8, 4) is 0 Å². The van der Waals surface area contributed by atoms with E-state index in [2.05, 4.69) is 0 Å². The lowest BCUT2D eigenvalue weighted by atomic mass is 9.93. The van der Waals surface area contributed by atoms with Crippen molar-refractivity contribution in [1.82, 2.24) is 0 Å². The Balaban J connectivity index is 2.09. The molecule has 1 aliphatic heterocycles. The minimum absolute atomic E-state index is 0.263. The second-order valence-electron chi connectivity index (χ2n) is 3.52. The standard InChI is InChI=1S/C10H11FO2/c11-9-3-1-2-8(4-9)5-10(12)6-13-7-10/h1-4,12H,5-7H2. The van der Waals surface area contributed by atoms with Crippen molar-refractivity contribution >= 4 is 0 Å². The Morgan fingerprint density at radius 2 is 2.23 bits per heavy atom. The summed E-state index contributed by atoms with van der Waals surface area (Å²) in [6.07, 6.45) is 0.463. The maximum atomic E-state index is 12.8. The van der Waals surface area contributed by atoms with E-state index in [9.17, 15) is 9.50 Å². The first kappa shape index (κ1) is 8.66. The molecule has 0 unspecified atom stereocenters. The topological polar surface area (TPSA) is 29.5 Å². The van der Waals surface area contributed by atoms with Crippen molar-refractivity contribution in [1.29, 1.82) is 0 Å². The lowest BCUT2D eigenvalue weighted by Gasteiger charge is -2.36. The maximum absolute atomic E-state index is 12.8. The number of benzene rings is 1. The molecule has 0 bridgehead atoms. The molecule has 3 heteroatoms. The smallest absolute Gasteiger partial charge is 0.123 e. The molecule has 1 heterocycles. The van der Waals surface area contributed by atoms with Crippen LogP contribution >= 0.6 is 0 Å². The van der Waals surface area contributed by atoms with E-state index in [0.29, 0.717) is 19.6 Å². The van der Waals surface area contributed by atoms with Crippen LogP contribution in [0.4, 0.5) is 4.39 Å². The Labute approximate surface area is 76.0 Å². The molecule has 1 aliphatic rings. The Hall–Kier alpha value is -0.930. The van der Waals surface area contributed by atoms with E-state index >= 15 is 0 Å². The highest BCUT2D eigenvalue weighted by Gasteiger charge is 2.35. The molecule has 0 aliphatic carbocycles. The molecule has 1 aromatic rings. The largest absolute Gasteiger partial charge is 0.385 e. The van der Waals surface area contributed by atoms with Gasteiger partial charge in [0.05, 0.1) is 13.2 Å². The molecule has 0 atom stereocenters. The normalized spacial score (nSPS) is 19.5. The average Bonchev–Trinajstić information content (AvgIpc) is 2.01. The van der Waals surface area contributed by atoms with Gasteiger partial charge in [-0.2, -0.15) is 0 Å². The van der Waals surface area contributed by atoms with Crippen molar-refractivity contribution in [2.24, 2.45) is 0 Å². The zero-order valence-electron chi connectivity index (χ0n) is 7.16. The molecule has 0 amide bonds. The van der Waals surface area contributed by atoms with Crippen LogP contribution in [0.1, 0.15) is 5.56 Å². The van der Waals surface area contributed by atoms with Crippen molar-refractivity contribution in [3.05, 3.63) is 35.6 Å². The molecule has 1 N–H and O–H groups in total. The molecule has 2 rings (SSSR count). The van der Waals surface area contributed by atoms with Crippen LogP contribution in [0, 0.1) is 5.82 Å². The minimum Gasteiger partial charge on any atom is -0.385 e. The van der Waals surface area contributed by atoms with Crippen molar-refractivity contribution in [2.75, 3.05) is 13.2 Å². The van der Waals surface area contributed by atoms with E-state index in [1.54, 1.807) is 12.1 Å². The summed E-state index contributed by atoms with van der Waals surface area (Å²) in [5.41, 5.74) is 0.0409. The molecule has 1 fully saturated rings. The lowest BCUT2D eigenvalue weighted by molar-refractivity contribution is -0.176. The summed E-state index contributed by atoms with van der Waals surface area (Å²) in [6.45, 7) is 0.701. The fourth-order valence-electron chi connectivity index (χ4n) is 1.47. The van der Waals surface area contributed by atoms with Crippen LogP contribution in [-0.4, -0.2) is 23.9 Å². The van der Waals surface area contributed by atoms with Gasteiger partial charge in [0.2, 0.25) is 0 Å². The van der Waals surface area contributed by atoms with Crippen LogP contribution in [0.15, 0.2) is 24.3 Å². The Bertz CT molecular complexity index is 308. The number of halogens is 1. The predicted molar refractivity (Wildman–Crippen MR) is 45.9 cm³/mol. The van der Waals surface area contributed by atoms with Gasteiger partial charge in [0.1, 0.15) is 11.4 Å². The van der Waals surface area contributed by atoms with E-state index < -0.39 is 5.60 Å². The molecule has 70 valence electrons. The van der Waals surface area contributed by atoms with Gasteiger partial charge in [-0.25, -0.2) is 4.39 Å². The molecule has 0 aromatic heterocycles. The van der Waals surface area contributed by atoms with Gasteiger partial charge in [-0.15, -0.1) is 0 Å². The fourth-order valence-corrected chi connectivity index (χ4v) is 1.47. The Morgan fingerprint density at radius 3 is 2.77 bits per heavy atom. The predicted octanol–water partition coefficient (Wildman–Crippen LogP) is 1.13. The molecule has 1 saturated heterocycles. The van der Waals surface area contributed by atoms with Crippen molar-refractivity contribution in [2.45, 2.75) is 12.0 Å². The zero-order chi connectivity index (χ0) is 9.31. The van der Waals surface area contributed by atoms with Crippen LogP contribution in [-0.2, 0) is 11.2 Å². The van der Waals surface area contributed by atoms with Crippen LogP contribution in [0.5, 0.6) is 0 Å². The van der Waals surface area contributed by atoms with Gasteiger partial charge in [-0.1, -0.05) is 12.1 Å². The third kappa shape index (κ3) is 1.87. The molecule has 1 aromatic carbocycles. The Kier molecular flexibility index (Phi) is 2.06. The van der Waals surface area contributed by atoms with E-state index in [-0.39, 0.29) is 5.82 Å². The summed E-state index contributed by atoms with van der Waals surface area (Å²) >= 11 is 0. The van der Waals surface area contributed by atoms with Gasteiger partial charge < -0.3 is 9.84 Å². The summed E-state index contributed by atoms with van der Waals surface area (Å²) in [5, 5.41) is 9.71. The van der Waals surface area contributed by atoms with E-state index in [0.717, 1.165) is 5.56 Å². The number of hydrogen-bond acceptors (Lipinski definition) is 2. The summed E-state index contributed by atoms with van der Waals surface area (Å²) in [7, 11) is 0. The van der Waals surface area contributed by atoms with Crippen LogP contribution < -0.4 is 0 Å². The third-order valence-electron chi connectivity index (χ3n) is 2.16. The molecule has 0 saturated carbocycles. The highest BCUT2D eigenvalue weighted by Crippen LogP contribution is 2.22. The first-order valence-electron chi connectivity index (χ1n) is 4.23. The van der Waals surface area contributed by atoms with Gasteiger partial charge in [0.15, 0.2) is 0 Å². The molecule has 13 heavy (non-hydrogen) atoms. The molecular formula is C10H11FO2. The van der Waals surface area contributed by atoms with Gasteiger partial charge in [-0.3, -0.25) is 0 Å². The molecule has 2 nitrogen and oxygen atoms in total. The summed E-state index contributed by atoms with van der Waals surface area (Å²) < 4.78 is 17.6. The van der Waals surface area contributed by atoms with Crippen molar-refractivity contribution < 1.29 is 14.2 Å². The van der Waals surface area contributed by atoms with Crippen molar-refractivity contribution in [3.63, 3.8) is 0 Å². The number of ether oxygens (including phenoxy) is 1. The SMILES string of the molecule is OC1(Cc2cccc(F)c2)COC1. The van der Waals surface area contributed by atoms with Gasteiger partial charge >= 0.3 is 0 Å². The van der Waals surface area contributed by atoms with E-state index in [1.807, 2.05) is 0 Å². The summed E-state index contributed by atoms with van der Waals surface area (Å²) in [6, 6.07) is 6.29. The van der Waals surface area contributed by atoms with Crippen LogP contribution in [0.25, 0.3) is 0 Å². The minimum atomic E-state index is -0.770. The highest BCUT2D eigenvalue weighted by molar-refractivity contribution is 5.19. The average molecular weight is 182 g/mol. The summed E-state index contributed by atoms with van der Waals surface area (Å²) in [5.74, 6) is -0.263. The monoisotopic (exact) mass is 182 g/mol. The van der Waals surface area contributed by atoms with Gasteiger partial charge in [0.25, 0.3) is 0 Å². The molecule has 0 radical (unpaired) electrons. The number of aliphatic hydroxyl groups is 1. The fraction of sp³-hybridized carbons (Fsp3) is 0.400. The zero-order valence-corrected chi connectivity index (χ0v) is 7.16. The molecule has 0 spiro atoms. The third-order valence-corrected chi connectivity index (χ3v) is 2.16.